The number of rotatable bonds is 8. The highest BCUT2D eigenvalue weighted by Crippen LogP contribution is 2.17. The van der Waals surface area contributed by atoms with Gasteiger partial charge in [-0.05, 0) is 25.7 Å². The largest absolute Gasteiger partial charge is 0.480 e. The zero-order valence-corrected chi connectivity index (χ0v) is 14.4. The van der Waals surface area contributed by atoms with Gasteiger partial charge in [0.2, 0.25) is 11.3 Å². The number of pyridine rings is 1. The number of hydrogen-bond acceptors (Lipinski definition) is 5. The van der Waals surface area contributed by atoms with E-state index in [1.165, 1.54) is 16.9 Å². The van der Waals surface area contributed by atoms with Gasteiger partial charge in [-0.1, -0.05) is 13.8 Å². The molecule has 136 valence electrons. The molecule has 0 aliphatic heterocycles. The maximum absolute atomic E-state index is 12.3. The standard InChI is InChI=1S/C16H22N4O5/c1-9(2)4-5-10(3)25-12-6-11(21)14(15-18-8-19-20(12)15)16(24)17-7-13(22)23/h6,8-10H,4-5,7H2,1-3H3,(H,17,24)(H,18,19)(H,22,23). The Hall–Kier alpha value is -2.84. The molecule has 25 heavy (non-hydrogen) atoms. The zero-order chi connectivity index (χ0) is 18.6. The van der Waals surface area contributed by atoms with Gasteiger partial charge in [-0.3, -0.25) is 19.5 Å². The fraction of sp³-hybridized carbons (Fsp3) is 0.500. The molecule has 0 spiro atoms. The van der Waals surface area contributed by atoms with Crippen molar-refractivity contribution < 1.29 is 19.4 Å². The predicted molar refractivity (Wildman–Crippen MR) is 89.9 cm³/mol. The number of H-pyrrole nitrogens is 1. The summed E-state index contributed by atoms with van der Waals surface area (Å²) in [5, 5.41) is 13.6. The van der Waals surface area contributed by atoms with E-state index < -0.39 is 23.9 Å². The Bertz CT molecular complexity index is 824. The first-order valence-electron chi connectivity index (χ1n) is 8.05. The summed E-state index contributed by atoms with van der Waals surface area (Å²) in [5.74, 6) is -1.20. The average molecular weight is 350 g/mol. The smallest absolute Gasteiger partial charge is 0.322 e. The van der Waals surface area contributed by atoms with E-state index in [1.54, 1.807) is 0 Å². The van der Waals surface area contributed by atoms with Gasteiger partial charge < -0.3 is 15.2 Å². The lowest BCUT2D eigenvalue weighted by atomic mass is 10.1. The zero-order valence-electron chi connectivity index (χ0n) is 14.4. The van der Waals surface area contributed by atoms with Gasteiger partial charge in [0.15, 0.2) is 5.65 Å². The van der Waals surface area contributed by atoms with Gasteiger partial charge in [0, 0.05) is 6.07 Å². The van der Waals surface area contributed by atoms with Gasteiger partial charge in [0.25, 0.3) is 5.91 Å². The van der Waals surface area contributed by atoms with Gasteiger partial charge in [-0.15, -0.1) is 0 Å². The highest BCUT2D eigenvalue weighted by Gasteiger charge is 2.21. The Labute approximate surface area is 144 Å². The minimum absolute atomic E-state index is 0.0847. The summed E-state index contributed by atoms with van der Waals surface area (Å²) in [6, 6.07) is 1.20. The molecule has 1 amide bonds. The monoisotopic (exact) mass is 350 g/mol. The molecule has 0 bridgehead atoms. The molecule has 2 aromatic rings. The molecular weight excluding hydrogens is 328 g/mol. The van der Waals surface area contributed by atoms with E-state index in [0.29, 0.717) is 5.92 Å². The van der Waals surface area contributed by atoms with Crippen LogP contribution in [0, 0.1) is 5.92 Å². The first-order valence-corrected chi connectivity index (χ1v) is 8.05. The normalized spacial score (nSPS) is 12.3. The van der Waals surface area contributed by atoms with Crippen LogP contribution >= 0.6 is 0 Å². The number of carbonyl (C=O) groups is 2. The summed E-state index contributed by atoms with van der Waals surface area (Å²) in [6.07, 6.45) is 3.02. The summed E-state index contributed by atoms with van der Waals surface area (Å²) in [4.78, 5) is 39.0. The summed E-state index contributed by atoms with van der Waals surface area (Å²) >= 11 is 0. The molecule has 0 saturated heterocycles. The van der Waals surface area contributed by atoms with Gasteiger partial charge in [0.1, 0.15) is 18.4 Å². The lowest BCUT2D eigenvalue weighted by Crippen LogP contribution is -2.33. The maximum Gasteiger partial charge on any atom is 0.322 e. The summed E-state index contributed by atoms with van der Waals surface area (Å²) in [6.45, 7) is 5.56. The number of carboxylic acid groups (broad SMARTS) is 1. The Morgan fingerprint density at radius 2 is 2.08 bits per heavy atom. The fourth-order valence-corrected chi connectivity index (χ4v) is 2.35. The SMILES string of the molecule is CC(C)CCC(C)Oc1cc(=O)c(C(=O)NCC(=O)O)c2nc[nH]n12. The number of carboxylic acids is 1. The number of hydrogen-bond donors (Lipinski definition) is 3. The van der Waals surface area contributed by atoms with Crippen molar-refractivity contribution in [2.75, 3.05) is 6.54 Å². The molecular formula is C16H22N4O5. The highest BCUT2D eigenvalue weighted by atomic mass is 16.5. The molecule has 3 N–H and O–H groups in total. The summed E-state index contributed by atoms with van der Waals surface area (Å²) < 4.78 is 7.21. The van der Waals surface area contributed by atoms with Crippen molar-refractivity contribution in [3.05, 3.63) is 28.2 Å². The van der Waals surface area contributed by atoms with E-state index in [2.05, 4.69) is 29.2 Å². The molecule has 2 heterocycles. The van der Waals surface area contributed by atoms with Crippen molar-refractivity contribution in [1.82, 2.24) is 19.9 Å². The molecule has 0 aromatic carbocycles. The molecule has 0 aliphatic carbocycles. The third kappa shape index (κ3) is 4.59. The third-order valence-electron chi connectivity index (χ3n) is 3.63. The molecule has 1 atom stereocenters. The van der Waals surface area contributed by atoms with Crippen LogP contribution in [0.4, 0.5) is 0 Å². The summed E-state index contributed by atoms with van der Waals surface area (Å²) in [5.41, 5.74) is -0.729. The predicted octanol–water partition coefficient (Wildman–Crippen LogP) is 1.04. The van der Waals surface area contributed by atoms with Crippen LogP contribution in [0.1, 0.15) is 44.0 Å². The van der Waals surface area contributed by atoms with E-state index in [0.717, 1.165) is 12.8 Å². The number of aromatic amines is 1. The van der Waals surface area contributed by atoms with Crippen LogP contribution in [0.3, 0.4) is 0 Å². The number of fused-ring (bicyclic) bond motifs is 1. The quantitative estimate of drug-likeness (QED) is 0.653. The second kappa shape index (κ2) is 7.82. The van der Waals surface area contributed by atoms with Crippen LogP contribution in [0.2, 0.25) is 0 Å². The van der Waals surface area contributed by atoms with Gasteiger partial charge in [0.05, 0.1) is 6.10 Å². The van der Waals surface area contributed by atoms with Crippen LogP contribution < -0.4 is 15.5 Å². The molecule has 1 unspecified atom stereocenters. The highest BCUT2D eigenvalue weighted by molar-refractivity contribution is 6.00. The third-order valence-corrected chi connectivity index (χ3v) is 3.63. The fourth-order valence-electron chi connectivity index (χ4n) is 2.35. The molecule has 0 radical (unpaired) electrons. The van der Waals surface area contributed by atoms with Crippen LogP contribution in [0.25, 0.3) is 5.65 Å². The number of aromatic nitrogens is 3. The van der Waals surface area contributed by atoms with Gasteiger partial charge >= 0.3 is 5.97 Å². The number of nitrogens with zero attached hydrogens (tertiary/aromatic N) is 2. The molecule has 2 rings (SSSR count). The Kier molecular flexibility index (Phi) is 5.79. The topological polar surface area (TPSA) is 126 Å². The average Bonchev–Trinajstić information content (AvgIpc) is 3.00. The molecule has 9 nitrogen and oxygen atoms in total. The Balaban J connectivity index is 2.29. The van der Waals surface area contributed by atoms with E-state index in [4.69, 9.17) is 9.84 Å². The van der Waals surface area contributed by atoms with E-state index in [1.807, 2.05) is 6.92 Å². The number of aliphatic carboxylic acids is 1. The molecule has 2 aromatic heterocycles. The minimum atomic E-state index is -1.20. The molecule has 9 heteroatoms. The lowest BCUT2D eigenvalue weighted by molar-refractivity contribution is -0.135. The Morgan fingerprint density at radius 3 is 2.72 bits per heavy atom. The number of ether oxygens (including phenoxy) is 1. The van der Waals surface area contributed by atoms with E-state index >= 15 is 0 Å². The molecule has 0 saturated carbocycles. The minimum Gasteiger partial charge on any atom is -0.480 e. The molecule has 0 aliphatic rings. The number of nitrogens with one attached hydrogen (secondary N) is 2. The first kappa shape index (κ1) is 18.5. The van der Waals surface area contributed by atoms with Crippen molar-refractivity contribution in [2.45, 2.75) is 39.7 Å². The second-order valence-corrected chi connectivity index (χ2v) is 6.24. The lowest BCUT2D eigenvalue weighted by Gasteiger charge is -2.16. The van der Waals surface area contributed by atoms with Gasteiger partial charge in [-0.2, -0.15) is 0 Å². The molecule has 0 fully saturated rings. The van der Waals surface area contributed by atoms with E-state index in [-0.39, 0.29) is 23.2 Å². The maximum atomic E-state index is 12.3. The van der Waals surface area contributed by atoms with E-state index in [9.17, 15) is 14.4 Å². The number of amides is 1. The van der Waals surface area contributed by atoms with Crippen molar-refractivity contribution in [1.29, 1.82) is 0 Å². The van der Waals surface area contributed by atoms with Crippen molar-refractivity contribution in [3.63, 3.8) is 0 Å². The second-order valence-electron chi connectivity index (χ2n) is 6.24. The first-order chi connectivity index (χ1) is 11.8. The van der Waals surface area contributed by atoms with Crippen LogP contribution in [0.5, 0.6) is 5.88 Å². The number of carbonyl (C=O) groups excluding carboxylic acids is 1. The van der Waals surface area contributed by atoms with Crippen molar-refractivity contribution in [2.24, 2.45) is 5.92 Å². The van der Waals surface area contributed by atoms with Gasteiger partial charge in [-0.25, -0.2) is 9.50 Å². The summed E-state index contributed by atoms with van der Waals surface area (Å²) in [7, 11) is 0. The van der Waals surface area contributed by atoms with Crippen molar-refractivity contribution in [3.8, 4) is 5.88 Å². The Morgan fingerprint density at radius 1 is 1.36 bits per heavy atom. The van der Waals surface area contributed by atoms with Crippen LogP contribution in [0.15, 0.2) is 17.2 Å². The van der Waals surface area contributed by atoms with Crippen molar-refractivity contribution >= 4 is 17.5 Å². The van der Waals surface area contributed by atoms with Crippen LogP contribution in [-0.2, 0) is 4.79 Å². The van der Waals surface area contributed by atoms with Crippen LogP contribution in [-0.4, -0.2) is 44.2 Å².